The van der Waals surface area contributed by atoms with Gasteiger partial charge in [-0.2, -0.15) is 0 Å². The molecule has 222 valence electrons. The maximum absolute atomic E-state index is 13.1. The van der Waals surface area contributed by atoms with Gasteiger partial charge in [-0.05, 0) is 56.4 Å². The average Bonchev–Trinajstić information content (AvgIpc) is 3.69. The summed E-state index contributed by atoms with van der Waals surface area (Å²) < 4.78 is 28.7. The Balaban J connectivity index is 2.21. The van der Waals surface area contributed by atoms with Crippen molar-refractivity contribution >= 4 is 30.2 Å². The molecule has 0 bridgehead atoms. The highest BCUT2D eigenvalue weighted by Crippen LogP contribution is 2.69. The van der Waals surface area contributed by atoms with Gasteiger partial charge in [0.15, 0.2) is 0 Å². The quantitative estimate of drug-likeness (QED) is 0.128. The van der Waals surface area contributed by atoms with E-state index in [1.54, 1.807) is 26.0 Å². The minimum absolute atomic E-state index is 0.0870. The molecule has 1 aliphatic heterocycles. The third kappa shape index (κ3) is 5.87. The molecule has 3 fully saturated rings. The summed E-state index contributed by atoms with van der Waals surface area (Å²) in [5.74, 6) is -2.53. The third-order valence-corrected chi connectivity index (χ3v) is 9.45. The summed E-state index contributed by atoms with van der Waals surface area (Å²) >= 11 is 0. The zero-order valence-corrected chi connectivity index (χ0v) is 24.6. The Hall–Kier alpha value is -3.01. The van der Waals surface area contributed by atoms with Crippen LogP contribution >= 0.6 is 0 Å². The van der Waals surface area contributed by atoms with Crippen LogP contribution in [-0.2, 0) is 47.7 Å². The first kappa shape index (κ1) is 31.5. The van der Waals surface area contributed by atoms with E-state index in [4.69, 9.17) is 23.7 Å². The van der Waals surface area contributed by atoms with Gasteiger partial charge < -0.3 is 23.7 Å². The molecule has 10 heteroatoms. The third-order valence-electron chi connectivity index (χ3n) is 9.45. The van der Waals surface area contributed by atoms with E-state index in [1.165, 1.54) is 21.0 Å². The fourth-order valence-corrected chi connectivity index (χ4v) is 6.95. The van der Waals surface area contributed by atoms with Gasteiger partial charge in [-0.1, -0.05) is 26.0 Å². The van der Waals surface area contributed by atoms with Gasteiger partial charge in [0.25, 0.3) is 0 Å². The Morgan fingerprint density at radius 3 is 2.27 bits per heavy atom. The number of allylic oxidation sites excluding steroid dienone is 2. The zero-order valence-electron chi connectivity index (χ0n) is 24.6. The van der Waals surface area contributed by atoms with Crippen LogP contribution in [0.15, 0.2) is 23.3 Å². The number of aldehydes is 1. The monoisotopic (exact) mass is 562 g/mol. The first-order valence-electron chi connectivity index (χ1n) is 13.8. The number of methoxy groups -OCH3 is 1. The molecule has 1 saturated heterocycles. The molecular weight excluding hydrogens is 520 g/mol. The summed E-state index contributed by atoms with van der Waals surface area (Å²) in [6, 6.07) is 0. The Bertz CT molecular complexity index is 1090. The van der Waals surface area contributed by atoms with Gasteiger partial charge in [-0.25, -0.2) is 4.79 Å². The lowest BCUT2D eigenvalue weighted by atomic mass is 9.42. The highest BCUT2D eigenvalue weighted by Gasteiger charge is 2.77. The van der Waals surface area contributed by atoms with Crippen molar-refractivity contribution in [2.75, 3.05) is 20.3 Å². The number of hydrogen-bond acceptors (Lipinski definition) is 10. The summed E-state index contributed by atoms with van der Waals surface area (Å²) in [7, 11) is 1.26. The van der Waals surface area contributed by atoms with Crippen LogP contribution in [-0.4, -0.2) is 68.3 Å². The van der Waals surface area contributed by atoms with Crippen LogP contribution in [0.3, 0.4) is 0 Å². The summed E-state index contributed by atoms with van der Waals surface area (Å²) in [4.78, 5) is 61.4. The lowest BCUT2D eigenvalue weighted by molar-refractivity contribution is -0.254. The molecule has 1 spiro atoms. The summed E-state index contributed by atoms with van der Waals surface area (Å²) in [6.07, 6.45) is 4.40. The van der Waals surface area contributed by atoms with Crippen molar-refractivity contribution in [3.05, 3.63) is 23.3 Å². The van der Waals surface area contributed by atoms with Crippen LogP contribution in [0, 0.1) is 22.7 Å². The SMILES string of the molecule is CC=C(C)C(=O)O[C@@H]1CC[C@]2(CO2)[C@]2(COC(C)=O)[C@@H](OC(C)=O)C[C@@H](C)[C@](C)(CC=C(C=O)CC(=O)OC)[C@@H]12. The zero-order chi connectivity index (χ0) is 29.9. The van der Waals surface area contributed by atoms with Crippen molar-refractivity contribution < 1.29 is 47.7 Å². The normalized spacial score (nSPS) is 35.3. The second kappa shape index (κ2) is 12.2. The summed E-state index contributed by atoms with van der Waals surface area (Å²) in [6.45, 7) is 10.5. The van der Waals surface area contributed by atoms with E-state index in [1.807, 2.05) is 6.92 Å². The molecule has 10 nitrogen and oxygen atoms in total. The molecule has 2 saturated carbocycles. The second-order valence-corrected chi connectivity index (χ2v) is 11.6. The number of carbonyl (C=O) groups is 5. The summed E-state index contributed by atoms with van der Waals surface area (Å²) in [5, 5.41) is 0. The standard InChI is InChI=1S/C30H42O10/c1-8-18(2)27(35)40-23-10-12-29(16-38-29)30(17-37-20(4)32)24(39-21(5)33)13-19(3)28(6,26(23)30)11-9-22(15-31)14-25(34)36-7/h8-9,15,19,23-24,26H,10-14,16-17H2,1-7H3/t19-,23-,24+,26-,28+,29+,30-/m1/s1. The molecule has 0 aromatic rings. The molecule has 3 rings (SSSR count). The Kier molecular flexibility index (Phi) is 9.65. The molecule has 3 aliphatic rings. The fourth-order valence-electron chi connectivity index (χ4n) is 6.95. The second-order valence-electron chi connectivity index (χ2n) is 11.6. The van der Waals surface area contributed by atoms with Crippen molar-refractivity contribution in [1.82, 2.24) is 0 Å². The molecule has 2 aliphatic carbocycles. The minimum atomic E-state index is -1.02. The predicted octanol–water partition coefficient (Wildman–Crippen LogP) is 3.65. The highest BCUT2D eigenvalue weighted by molar-refractivity contribution is 5.87. The topological polar surface area (TPSA) is 135 Å². The van der Waals surface area contributed by atoms with Gasteiger partial charge in [0.2, 0.25) is 0 Å². The highest BCUT2D eigenvalue weighted by atomic mass is 16.6. The van der Waals surface area contributed by atoms with Crippen molar-refractivity contribution in [2.45, 2.75) is 91.5 Å². The van der Waals surface area contributed by atoms with Crippen molar-refractivity contribution in [3.63, 3.8) is 0 Å². The number of hydrogen-bond donors (Lipinski definition) is 0. The molecule has 0 amide bonds. The largest absolute Gasteiger partial charge is 0.469 e. The van der Waals surface area contributed by atoms with E-state index in [0.29, 0.717) is 44.1 Å². The van der Waals surface area contributed by atoms with Crippen LogP contribution in [0.1, 0.15) is 73.6 Å². The Morgan fingerprint density at radius 1 is 1.07 bits per heavy atom. The Labute approximate surface area is 235 Å². The van der Waals surface area contributed by atoms with Crippen LogP contribution in [0.5, 0.6) is 0 Å². The van der Waals surface area contributed by atoms with Gasteiger partial charge >= 0.3 is 23.9 Å². The van der Waals surface area contributed by atoms with E-state index in [9.17, 15) is 24.0 Å². The molecule has 0 unspecified atom stereocenters. The minimum Gasteiger partial charge on any atom is -0.469 e. The maximum Gasteiger partial charge on any atom is 0.333 e. The molecule has 40 heavy (non-hydrogen) atoms. The molecule has 0 aromatic heterocycles. The molecule has 1 heterocycles. The fraction of sp³-hybridized carbons (Fsp3) is 0.700. The van der Waals surface area contributed by atoms with Crippen molar-refractivity contribution in [1.29, 1.82) is 0 Å². The van der Waals surface area contributed by atoms with Crippen LogP contribution < -0.4 is 0 Å². The molecule has 7 atom stereocenters. The lowest BCUT2D eigenvalue weighted by Crippen LogP contribution is -2.70. The number of epoxide rings is 1. The van der Waals surface area contributed by atoms with Crippen molar-refractivity contribution in [2.24, 2.45) is 22.7 Å². The van der Waals surface area contributed by atoms with Crippen LogP contribution in [0.4, 0.5) is 0 Å². The Morgan fingerprint density at radius 2 is 1.75 bits per heavy atom. The number of fused-ring (bicyclic) bond motifs is 2. The predicted molar refractivity (Wildman–Crippen MR) is 143 cm³/mol. The average molecular weight is 563 g/mol. The number of carbonyl (C=O) groups excluding carboxylic acids is 5. The first-order valence-corrected chi connectivity index (χ1v) is 13.8. The number of esters is 4. The smallest absolute Gasteiger partial charge is 0.333 e. The van der Waals surface area contributed by atoms with Crippen LogP contribution in [0.2, 0.25) is 0 Å². The van der Waals surface area contributed by atoms with E-state index < -0.39 is 58.4 Å². The van der Waals surface area contributed by atoms with Gasteiger partial charge in [0.1, 0.15) is 30.7 Å². The van der Waals surface area contributed by atoms with Gasteiger partial charge in [-0.3, -0.25) is 19.2 Å². The number of rotatable bonds is 10. The molecule has 0 N–H and O–H groups in total. The molecular formula is C30H42O10. The maximum atomic E-state index is 13.1. The molecule has 0 aromatic carbocycles. The van der Waals surface area contributed by atoms with E-state index in [0.717, 1.165) is 0 Å². The molecule has 0 radical (unpaired) electrons. The van der Waals surface area contributed by atoms with Crippen LogP contribution in [0.25, 0.3) is 0 Å². The number of ether oxygens (including phenoxy) is 5. The first-order chi connectivity index (χ1) is 18.8. The van der Waals surface area contributed by atoms with Gasteiger partial charge in [0.05, 0.1) is 25.6 Å². The van der Waals surface area contributed by atoms with E-state index in [2.05, 4.69) is 6.92 Å². The van der Waals surface area contributed by atoms with Crippen molar-refractivity contribution in [3.8, 4) is 0 Å². The van der Waals surface area contributed by atoms with Gasteiger partial charge in [0, 0.05) is 25.3 Å². The van der Waals surface area contributed by atoms with E-state index >= 15 is 0 Å². The van der Waals surface area contributed by atoms with E-state index in [-0.39, 0.29) is 24.5 Å². The lowest BCUT2D eigenvalue weighted by Gasteiger charge is -2.64. The van der Waals surface area contributed by atoms with Gasteiger partial charge in [-0.15, -0.1) is 0 Å². The summed E-state index contributed by atoms with van der Waals surface area (Å²) in [5.41, 5.74) is -1.67.